The Morgan fingerprint density at radius 3 is 2.86 bits per heavy atom. The Labute approximate surface area is 83.3 Å². The Balaban J connectivity index is 2.72. The second-order valence-corrected chi connectivity index (χ2v) is 3.74. The van der Waals surface area contributed by atoms with Gasteiger partial charge in [-0.2, -0.15) is 5.26 Å². The van der Waals surface area contributed by atoms with Crippen molar-refractivity contribution in [2.45, 2.75) is 26.7 Å². The van der Waals surface area contributed by atoms with Crippen LogP contribution in [0.1, 0.15) is 35.2 Å². The third kappa shape index (κ3) is 1.07. The summed E-state index contributed by atoms with van der Waals surface area (Å²) in [6.07, 6.45) is 0. The molecule has 0 spiro atoms. The standard InChI is InChI=1S/C11H12N2O/c1-6-5-14-11-10(6)7(2)9(4-12)8(3)13-11/h6H,5H2,1-3H3. The van der Waals surface area contributed by atoms with E-state index in [0.717, 1.165) is 16.8 Å². The number of nitriles is 1. The molecule has 1 aliphatic heterocycles. The van der Waals surface area contributed by atoms with Crippen LogP contribution in [0, 0.1) is 25.2 Å². The van der Waals surface area contributed by atoms with Gasteiger partial charge in [-0.15, -0.1) is 0 Å². The van der Waals surface area contributed by atoms with Gasteiger partial charge in [-0.1, -0.05) is 6.92 Å². The van der Waals surface area contributed by atoms with Crippen molar-refractivity contribution in [1.29, 1.82) is 5.26 Å². The van der Waals surface area contributed by atoms with E-state index in [1.807, 2.05) is 13.8 Å². The van der Waals surface area contributed by atoms with Crippen LogP contribution in [-0.4, -0.2) is 11.6 Å². The number of rotatable bonds is 0. The zero-order valence-electron chi connectivity index (χ0n) is 8.59. The lowest BCUT2D eigenvalue weighted by Crippen LogP contribution is -1.98. The van der Waals surface area contributed by atoms with Gasteiger partial charge in [-0.05, 0) is 19.4 Å². The highest BCUT2D eigenvalue weighted by Gasteiger charge is 2.26. The average molecular weight is 188 g/mol. The number of aryl methyl sites for hydroxylation is 1. The minimum Gasteiger partial charge on any atom is -0.477 e. The molecule has 1 atom stereocenters. The summed E-state index contributed by atoms with van der Waals surface area (Å²) < 4.78 is 5.45. The molecule has 3 heteroatoms. The predicted molar refractivity (Wildman–Crippen MR) is 52.3 cm³/mol. The van der Waals surface area contributed by atoms with E-state index in [2.05, 4.69) is 18.0 Å². The monoisotopic (exact) mass is 188 g/mol. The first-order valence-corrected chi connectivity index (χ1v) is 4.69. The number of fused-ring (bicyclic) bond motifs is 1. The summed E-state index contributed by atoms with van der Waals surface area (Å²) in [6, 6.07) is 2.20. The van der Waals surface area contributed by atoms with E-state index in [0.29, 0.717) is 24.0 Å². The molecule has 2 rings (SSSR count). The fourth-order valence-electron chi connectivity index (χ4n) is 1.98. The van der Waals surface area contributed by atoms with E-state index in [9.17, 15) is 0 Å². The molecule has 3 nitrogen and oxygen atoms in total. The van der Waals surface area contributed by atoms with Gasteiger partial charge in [0.15, 0.2) is 0 Å². The van der Waals surface area contributed by atoms with Crippen LogP contribution in [0.4, 0.5) is 0 Å². The van der Waals surface area contributed by atoms with Gasteiger partial charge in [0.05, 0.1) is 17.9 Å². The molecular weight excluding hydrogens is 176 g/mol. The van der Waals surface area contributed by atoms with Gasteiger partial charge in [0.25, 0.3) is 0 Å². The molecule has 2 heterocycles. The van der Waals surface area contributed by atoms with E-state index >= 15 is 0 Å². The maximum Gasteiger partial charge on any atom is 0.217 e. The van der Waals surface area contributed by atoms with Crippen molar-refractivity contribution in [3.8, 4) is 11.9 Å². The molecule has 0 N–H and O–H groups in total. The molecule has 0 bridgehead atoms. The minimum atomic E-state index is 0.352. The van der Waals surface area contributed by atoms with E-state index in [4.69, 9.17) is 10.00 Å². The molecule has 1 unspecified atom stereocenters. The van der Waals surface area contributed by atoms with Crippen LogP contribution >= 0.6 is 0 Å². The van der Waals surface area contributed by atoms with Gasteiger partial charge in [0, 0.05) is 11.5 Å². The van der Waals surface area contributed by atoms with E-state index in [1.54, 1.807) is 0 Å². The number of aromatic nitrogens is 1. The quantitative estimate of drug-likeness (QED) is 0.626. The molecule has 0 amide bonds. The van der Waals surface area contributed by atoms with Crippen LogP contribution in [-0.2, 0) is 0 Å². The predicted octanol–water partition coefficient (Wildman–Crippen LogP) is 2.07. The third-order valence-corrected chi connectivity index (χ3v) is 2.72. The normalized spacial score (nSPS) is 18.6. The number of nitrogens with zero attached hydrogens (tertiary/aromatic N) is 2. The first-order chi connectivity index (χ1) is 6.65. The summed E-state index contributed by atoms with van der Waals surface area (Å²) in [5, 5.41) is 8.99. The van der Waals surface area contributed by atoms with Crippen molar-refractivity contribution in [2.24, 2.45) is 0 Å². The van der Waals surface area contributed by atoms with Crippen LogP contribution in [0.25, 0.3) is 0 Å². The number of hydrogen-bond donors (Lipinski definition) is 0. The molecule has 0 saturated heterocycles. The van der Waals surface area contributed by atoms with E-state index in [1.165, 1.54) is 0 Å². The minimum absolute atomic E-state index is 0.352. The lowest BCUT2D eigenvalue weighted by atomic mass is 9.96. The summed E-state index contributed by atoms with van der Waals surface area (Å²) in [5.41, 5.74) is 3.59. The van der Waals surface area contributed by atoms with E-state index < -0.39 is 0 Å². The highest BCUT2D eigenvalue weighted by Crippen LogP contribution is 2.36. The number of hydrogen-bond acceptors (Lipinski definition) is 3. The highest BCUT2D eigenvalue weighted by atomic mass is 16.5. The Hall–Kier alpha value is -1.56. The topological polar surface area (TPSA) is 45.9 Å². The van der Waals surface area contributed by atoms with Gasteiger partial charge in [0.1, 0.15) is 6.07 Å². The smallest absolute Gasteiger partial charge is 0.217 e. The maximum absolute atomic E-state index is 8.99. The molecule has 72 valence electrons. The van der Waals surface area contributed by atoms with Crippen LogP contribution < -0.4 is 4.74 Å². The van der Waals surface area contributed by atoms with Gasteiger partial charge in [-0.3, -0.25) is 0 Å². The van der Waals surface area contributed by atoms with Gasteiger partial charge >= 0.3 is 0 Å². The lowest BCUT2D eigenvalue weighted by Gasteiger charge is -2.08. The van der Waals surface area contributed by atoms with Gasteiger partial charge in [-0.25, -0.2) is 4.98 Å². The second kappa shape index (κ2) is 2.98. The summed E-state index contributed by atoms with van der Waals surface area (Å²) in [4.78, 5) is 4.29. The maximum atomic E-state index is 8.99. The molecular formula is C11H12N2O. The Morgan fingerprint density at radius 2 is 2.21 bits per heavy atom. The van der Waals surface area contributed by atoms with Crippen molar-refractivity contribution >= 4 is 0 Å². The van der Waals surface area contributed by atoms with E-state index in [-0.39, 0.29) is 0 Å². The second-order valence-electron chi connectivity index (χ2n) is 3.74. The molecule has 1 aliphatic rings. The first-order valence-electron chi connectivity index (χ1n) is 4.69. The Kier molecular flexibility index (Phi) is 1.92. The molecule has 0 aliphatic carbocycles. The fraction of sp³-hybridized carbons (Fsp3) is 0.455. The molecule has 14 heavy (non-hydrogen) atoms. The SMILES string of the molecule is Cc1nc2c(c(C)c1C#N)C(C)CO2. The number of pyridine rings is 1. The molecule has 1 aromatic rings. The van der Waals surface area contributed by atoms with Crippen LogP contribution in [0.2, 0.25) is 0 Å². The van der Waals surface area contributed by atoms with Crippen molar-refractivity contribution < 1.29 is 4.74 Å². The third-order valence-electron chi connectivity index (χ3n) is 2.72. The van der Waals surface area contributed by atoms with Crippen molar-refractivity contribution in [3.63, 3.8) is 0 Å². The first kappa shape index (κ1) is 9.01. The zero-order chi connectivity index (χ0) is 10.3. The largest absolute Gasteiger partial charge is 0.477 e. The zero-order valence-corrected chi connectivity index (χ0v) is 8.59. The lowest BCUT2D eigenvalue weighted by molar-refractivity contribution is 0.326. The van der Waals surface area contributed by atoms with Crippen LogP contribution in [0.15, 0.2) is 0 Å². The summed E-state index contributed by atoms with van der Waals surface area (Å²) >= 11 is 0. The average Bonchev–Trinajstić information content (AvgIpc) is 2.48. The van der Waals surface area contributed by atoms with Gasteiger partial charge in [0.2, 0.25) is 5.88 Å². The molecule has 0 fully saturated rings. The van der Waals surface area contributed by atoms with Crippen molar-refractivity contribution in [1.82, 2.24) is 4.98 Å². The van der Waals surface area contributed by atoms with Crippen molar-refractivity contribution in [2.75, 3.05) is 6.61 Å². The number of ether oxygens (including phenoxy) is 1. The highest BCUT2D eigenvalue weighted by molar-refractivity contribution is 5.51. The summed E-state index contributed by atoms with van der Waals surface area (Å²) in [5.74, 6) is 1.07. The summed E-state index contributed by atoms with van der Waals surface area (Å²) in [6.45, 7) is 6.59. The molecule has 0 saturated carbocycles. The molecule has 0 radical (unpaired) electrons. The Morgan fingerprint density at radius 1 is 1.50 bits per heavy atom. The Bertz CT molecular complexity index is 432. The van der Waals surface area contributed by atoms with Gasteiger partial charge < -0.3 is 4.74 Å². The fourth-order valence-corrected chi connectivity index (χ4v) is 1.98. The van der Waals surface area contributed by atoms with Crippen LogP contribution in [0.3, 0.4) is 0 Å². The van der Waals surface area contributed by atoms with Crippen LogP contribution in [0.5, 0.6) is 5.88 Å². The summed E-state index contributed by atoms with van der Waals surface area (Å²) in [7, 11) is 0. The molecule has 1 aromatic heterocycles. The molecule has 0 aromatic carbocycles. The van der Waals surface area contributed by atoms with Crippen molar-refractivity contribution in [3.05, 3.63) is 22.4 Å².